The lowest BCUT2D eigenvalue weighted by molar-refractivity contribution is 0.102. The molecule has 2 heterocycles. The molecule has 6 nitrogen and oxygen atoms in total. The maximum absolute atomic E-state index is 12.5. The number of halogens is 1. The predicted molar refractivity (Wildman–Crippen MR) is 94.7 cm³/mol. The largest absolute Gasteiger partial charge is 0.505 e. The molecule has 8 heteroatoms. The van der Waals surface area contributed by atoms with Crippen molar-refractivity contribution >= 4 is 44.7 Å². The number of aromatic hydroxyl groups is 1. The molecule has 0 fully saturated rings. The van der Waals surface area contributed by atoms with E-state index in [2.05, 4.69) is 5.32 Å². The van der Waals surface area contributed by atoms with Crippen LogP contribution in [0.4, 0.5) is 5.69 Å². The number of aryl methyl sites for hydroxylation is 1. The van der Waals surface area contributed by atoms with E-state index >= 15 is 0 Å². The smallest absolute Gasteiger partial charge is 0.267 e. The molecule has 0 atom stereocenters. The summed E-state index contributed by atoms with van der Waals surface area (Å²) in [7, 11) is 3.04. The first-order chi connectivity index (χ1) is 11.4. The number of nitrogens with one attached hydrogen (secondary N) is 1. The van der Waals surface area contributed by atoms with Crippen LogP contribution in [-0.2, 0) is 7.05 Å². The summed E-state index contributed by atoms with van der Waals surface area (Å²) in [6.45, 7) is 0. The second-order valence-corrected chi connectivity index (χ2v) is 6.35. The second kappa shape index (κ2) is 6.18. The molecule has 0 saturated carbocycles. The molecule has 3 rings (SSSR count). The molecule has 0 aliphatic heterocycles. The zero-order valence-corrected chi connectivity index (χ0v) is 14.4. The molecule has 0 unspecified atom stereocenters. The highest BCUT2D eigenvalue weighted by Gasteiger charge is 2.22. The molecular weight excluding hydrogens is 352 g/mol. The van der Waals surface area contributed by atoms with Crippen LogP contribution in [0.15, 0.2) is 34.4 Å². The zero-order valence-electron chi connectivity index (χ0n) is 12.8. The highest BCUT2D eigenvalue weighted by atomic mass is 35.5. The molecule has 24 heavy (non-hydrogen) atoms. The zero-order chi connectivity index (χ0) is 17.4. The topological polar surface area (TPSA) is 80.6 Å². The third-order valence-corrected chi connectivity index (χ3v) is 4.82. The van der Waals surface area contributed by atoms with Crippen LogP contribution in [0, 0.1) is 0 Å². The number of aromatic nitrogens is 1. The fourth-order valence-corrected chi connectivity index (χ4v) is 3.51. The number of pyridine rings is 1. The van der Waals surface area contributed by atoms with E-state index in [9.17, 15) is 14.7 Å². The monoisotopic (exact) mass is 364 g/mol. The number of hydrogen-bond acceptors (Lipinski definition) is 5. The van der Waals surface area contributed by atoms with Crippen molar-refractivity contribution in [1.82, 2.24) is 4.57 Å². The number of thiophene rings is 1. The molecule has 0 saturated heterocycles. The van der Waals surface area contributed by atoms with Crippen molar-refractivity contribution in [3.05, 3.63) is 50.6 Å². The predicted octanol–water partition coefficient (Wildman–Crippen LogP) is 3.22. The normalized spacial score (nSPS) is 10.8. The summed E-state index contributed by atoms with van der Waals surface area (Å²) in [4.78, 5) is 24.9. The van der Waals surface area contributed by atoms with Crippen molar-refractivity contribution in [3.63, 3.8) is 0 Å². The maximum Gasteiger partial charge on any atom is 0.267 e. The van der Waals surface area contributed by atoms with E-state index in [0.717, 1.165) is 0 Å². The standard InChI is InChI=1S/C16H13ClN2O4S/c1-19-10-5-6-24-14(10)13(20)12(16(19)22)15(21)18-8-3-4-11(23-2)9(17)7-8/h3-7,20H,1-2H3,(H,18,21). The Morgan fingerprint density at radius 1 is 1.38 bits per heavy atom. The number of anilines is 1. The molecular formula is C16H13ClN2O4S. The molecule has 0 radical (unpaired) electrons. The average Bonchev–Trinajstić information content (AvgIpc) is 3.03. The summed E-state index contributed by atoms with van der Waals surface area (Å²) < 4.78 is 6.86. The van der Waals surface area contributed by atoms with Crippen LogP contribution < -0.4 is 15.6 Å². The van der Waals surface area contributed by atoms with Crippen molar-refractivity contribution in [3.8, 4) is 11.5 Å². The molecule has 1 aromatic carbocycles. The summed E-state index contributed by atoms with van der Waals surface area (Å²) in [5, 5.41) is 15.0. The molecule has 124 valence electrons. The number of carbonyl (C=O) groups excluding carboxylic acids is 1. The Morgan fingerprint density at radius 3 is 2.79 bits per heavy atom. The van der Waals surface area contributed by atoms with Crippen LogP contribution >= 0.6 is 22.9 Å². The van der Waals surface area contributed by atoms with Gasteiger partial charge in [-0.3, -0.25) is 9.59 Å². The minimum atomic E-state index is -0.704. The first-order valence-corrected chi connectivity index (χ1v) is 8.14. The molecule has 0 aliphatic rings. The molecule has 2 N–H and O–H groups in total. The Kier molecular flexibility index (Phi) is 4.21. The molecule has 1 amide bonds. The third kappa shape index (κ3) is 2.61. The van der Waals surface area contributed by atoms with E-state index in [1.165, 1.54) is 29.1 Å². The highest BCUT2D eigenvalue weighted by Crippen LogP contribution is 2.32. The minimum Gasteiger partial charge on any atom is -0.505 e. The van der Waals surface area contributed by atoms with Gasteiger partial charge in [0.1, 0.15) is 11.3 Å². The molecule has 0 spiro atoms. The van der Waals surface area contributed by atoms with E-state index in [1.807, 2.05) is 0 Å². The summed E-state index contributed by atoms with van der Waals surface area (Å²) in [6.07, 6.45) is 0. The van der Waals surface area contributed by atoms with Gasteiger partial charge in [-0.2, -0.15) is 0 Å². The van der Waals surface area contributed by atoms with E-state index < -0.39 is 11.5 Å². The van der Waals surface area contributed by atoms with Crippen molar-refractivity contribution in [1.29, 1.82) is 0 Å². The van der Waals surface area contributed by atoms with E-state index in [-0.39, 0.29) is 11.3 Å². The van der Waals surface area contributed by atoms with Gasteiger partial charge in [0.25, 0.3) is 11.5 Å². The number of benzene rings is 1. The minimum absolute atomic E-state index is 0.306. The Hall–Kier alpha value is -2.51. The van der Waals surface area contributed by atoms with Gasteiger partial charge in [0.05, 0.1) is 22.3 Å². The Morgan fingerprint density at radius 2 is 2.12 bits per heavy atom. The number of fused-ring (bicyclic) bond motifs is 1. The number of amides is 1. The lowest BCUT2D eigenvalue weighted by Gasteiger charge is -2.10. The van der Waals surface area contributed by atoms with E-state index in [4.69, 9.17) is 16.3 Å². The Bertz CT molecular complexity index is 1010. The lowest BCUT2D eigenvalue weighted by Crippen LogP contribution is -2.27. The summed E-state index contributed by atoms with van der Waals surface area (Å²) in [5.74, 6) is -0.557. The number of carbonyl (C=O) groups is 1. The second-order valence-electron chi connectivity index (χ2n) is 5.03. The van der Waals surface area contributed by atoms with Gasteiger partial charge in [0.2, 0.25) is 0 Å². The molecule has 3 aromatic rings. The van der Waals surface area contributed by atoms with Crippen LogP contribution in [0.1, 0.15) is 10.4 Å². The highest BCUT2D eigenvalue weighted by molar-refractivity contribution is 7.17. The quantitative estimate of drug-likeness (QED) is 0.747. The summed E-state index contributed by atoms with van der Waals surface area (Å²) in [6, 6.07) is 6.40. The first kappa shape index (κ1) is 16.4. The van der Waals surface area contributed by atoms with E-state index in [0.29, 0.717) is 26.7 Å². The number of rotatable bonds is 3. The number of ether oxygens (including phenoxy) is 1. The molecule has 2 aromatic heterocycles. The Labute approximate surface area is 145 Å². The van der Waals surface area contributed by atoms with Gasteiger partial charge in [-0.15, -0.1) is 11.3 Å². The lowest BCUT2D eigenvalue weighted by atomic mass is 10.2. The van der Waals surface area contributed by atoms with Crippen molar-refractivity contribution in [2.75, 3.05) is 12.4 Å². The van der Waals surface area contributed by atoms with Crippen LogP contribution in [-0.4, -0.2) is 22.7 Å². The van der Waals surface area contributed by atoms with Gasteiger partial charge in [0.15, 0.2) is 5.75 Å². The van der Waals surface area contributed by atoms with Crippen LogP contribution in [0.5, 0.6) is 11.5 Å². The van der Waals surface area contributed by atoms with Gasteiger partial charge >= 0.3 is 0 Å². The summed E-state index contributed by atoms with van der Waals surface area (Å²) in [5.41, 5.74) is 0.0833. The maximum atomic E-state index is 12.5. The fourth-order valence-electron chi connectivity index (χ4n) is 2.38. The third-order valence-electron chi connectivity index (χ3n) is 3.61. The van der Waals surface area contributed by atoms with Crippen LogP contribution in [0.2, 0.25) is 5.02 Å². The Balaban J connectivity index is 2.03. The number of nitrogens with zero attached hydrogens (tertiary/aromatic N) is 1. The van der Waals surface area contributed by atoms with Crippen LogP contribution in [0.25, 0.3) is 10.2 Å². The number of methoxy groups -OCH3 is 1. The van der Waals surface area contributed by atoms with Gasteiger partial charge in [-0.05, 0) is 29.6 Å². The van der Waals surface area contributed by atoms with Crippen molar-refractivity contribution in [2.45, 2.75) is 0 Å². The average molecular weight is 365 g/mol. The number of hydrogen-bond donors (Lipinski definition) is 2. The fraction of sp³-hybridized carbons (Fsp3) is 0.125. The molecule has 0 bridgehead atoms. The van der Waals surface area contributed by atoms with Crippen molar-refractivity contribution in [2.24, 2.45) is 7.05 Å². The van der Waals surface area contributed by atoms with Gasteiger partial charge in [-0.25, -0.2) is 0 Å². The summed E-state index contributed by atoms with van der Waals surface area (Å²) >= 11 is 7.28. The van der Waals surface area contributed by atoms with Gasteiger partial charge in [-0.1, -0.05) is 11.6 Å². The van der Waals surface area contributed by atoms with Gasteiger partial charge < -0.3 is 19.7 Å². The van der Waals surface area contributed by atoms with E-state index in [1.54, 1.807) is 30.6 Å². The van der Waals surface area contributed by atoms with Crippen molar-refractivity contribution < 1.29 is 14.6 Å². The first-order valence-electron chi connectivity index (χ1n) is 6.88. The van der Waals surface area contributed by atoms with Crippen LogP contribution in [0.3, 0.4) is 0 Å². The molecule has 0 aliphatic carbocycles. The SMILES string of the molecule is COc1ccc(NC(=O)c2c(O)c3sccc3n(C)c2=O)cc1Cl. The van der Waals surface area contributed by atoms with Gasteiger partial charge in [0, 0.05) is 12.7 Å².